The average molecular weight is 409 g/mol. The number of nitrogens with one attached hydrogen (secondary N) is 1. The first-order valence-corrected chi connectivity index (χ1v) is 10.1. The summed E-state index contributed by atoms with van der Waals surface area (Å²) in [6.45, 7) is 0. The predicted molar refractivity (Wildman–Crippen MR) is 108 cm³/mol. The minimum Gasteiger partial charge on any atom is -0.443 e. The maximum Gasteiger partial charge on any atom is 0.234 e. The van der Waals surface area contributed by atoms with Crippen LogP contribution in [0.2, 0.25) is 0 Å². The molecule has 0 aliphatic rings. The molecule has 2 heterocycles. The van der Waals surface area contributed by atoms with Crippen LogP contribution in [-0.2, 0) is 4.79 Å². The Morgan fingerprint density at radius 2 is 2.04 bits per heavy atom. The highest BCUT2D eigenvalue weighted by Crippen LogP contribution is 2.31. The maximum absolute atomic E-state index is 13.0. The summed E-state index contributed by atoms with van der Waals surface area (Å²) in [4.78, 5) is 16.8. The van der Waals surface area contributed by atoms with E-state index in [1.165, 1.54) is 35.2 Å². The second-order valence-electron chi connectivity index (χ2n) is 5.76. The molecular weight excluding hydrogens is 397 g/mol. The highest BCUT2D eigenvalue weighted by Gasteiger charge is 2.16. The summed E-state index contributed by atoms with van der Waals surface area (Å²) in [5.41, 5.74) is 2.48. The number of carbonyl (C=O) groups is 1. The Morgan fingerprint density at radius 1 is 1.25 bits per heavy atom. The highest BCUT2D eigenvalue weighted by atomic mass is 32.2. The third-order valence-electron chi connectivity index (χ3n) is 3.91. The van der Waals surface area contributed by atoms with Crippen molar-refractivity contribution in [3.05, 3.63) is 65.5 Å². The molecule has 1 amide bonds. The molecule has 0 saturated carbocycles. The topological polar surface area (TPSA) is 78.9 Å². The maximum atomic E-state index is 13.0. The summed E-state index contributed by atoms with van der Waals surface area (Å²) < 4.78 is 19.2. The molecule has 0 spiro atoms. The number of para-hydroxylation sites is 1. The van der Waals surface area contributed by atoms with Gasteiger partial charge in [0.15, 0.2) is 4.34 Å². The largest absolute Gasteiger partial charge is 0.443 e. The number of thiazole rings is 1. The number of thioether (sulfide) groups is 1. The van der Waals surface area contributed by atoms with E-state index < -0.39 is 0 Å². The third-order valence-corrected chi connectivity index (χ3v) is 5.93. The van der Waals surface area contributed by atoms with Gasteiger partial charge in [-0.3, -0.25) is 4.79 Å². The van der Waals surface area contributed by atoms with Crippen molar-refractivity contribution in [2.24, 2.45) is 0 Å². The van der Waals surface area contributed by atoms with Crippen LogP contribution in [0.3, 0.4) is 0 Å². The summed E-state index contributed by atoms with van der Waals surface area (Å²) in [5.74, 6) is -0.339. The molecule has 0 saturated heterocycles. The number of hydrogen-bond acceptors (Lipinski definition) is 6. The Morgan fingerprint density at radius 3 is 2.82 bits per heavy atom. The molecule has 0 radical (unpaired) electrons. The van der Waals surface area contributed by atoms with Gasteiger partial charge in [-0.25, -0.2) is 9.37 Å². The van der Waals surface area contributed by atoms with Crippen molar-refractivity contribution in [3.8, 4) is 17.3 Å². The Kier molecular flexibility index (Phi) is 5.10. The smallest absolute Gasteiger partial charge is 0.234 e. The fourth-order valence-electron chi connectivity index (χ4n) is 2.63. The van der Waals surface area contributed by atoms with E-state index in [1.54, 1.807) is 30.3 Å². The number of rotatable bonds is 5. The molecule has 0 unspecified atom stereocenters. The average Bonchev–Trinajstić information content (AvgIpc) is 3.32. The summed E-state index contributed by atoms with van der Waals surface area (Å²) in [5, 5.41) is 14.5. The molecule has 8 heteroatoms. The van der Waals surface area contributed by atoms with Crippen LogP contribution in [0.1, 0.15) is 5.76 Å². The first-order valence-electron chi connectivity index (χ1n) is 8.20. The molecule has 0 aliphatic heterocycles. The molecule has 4 aromatic rings. The molecule has 2 aromatic heterocycles. The highest BCUT2D eigenvalue weighted by molar-refractivity contribution is 8.01. The van der Waals surface area contributed by atoms with E-state index in [1.807, 2.05) is 17.5 Å². The van der Waals surface area contributed by atoms with Gasteiger partial charge in [0, 0.05) is 16.3 Å². The van der Waals surface area contributed by atoms with Gasteiger partial charge in [0.05, 0.1) is 11.4 Å². The van der Waals surface area contributed by atoms with E-state index in [-0.39, 0.29) is 23.2 Å². The van der Waals surface area contributed by atoms with E-state index >= 15 is 0 Å². The number of nitriles is 1. The lowest BCUT2D eigenvalue weighted by Crippen LogP contribution is -2.14. The van der Waals surface area contributed by atoms with Crippen molar-refractivity contribution in [2.45, 2.75) is 4.34 Å². The molecule has 5 nitrogen and oxygen atoms in total. The van der Waals surface area contributed by atoms with Crippen molar-refractivity contribution >= 4 is 45.7 Å². The molecule has 4 rings (SSSR count). The zero-order valence-corrected chi connectivity index (χ0v) is 15.9. The molecule has 0 atom stereocenters. The number of nitrogens with zero attached hydrogens (tertiary/aromatic N) is 2. The molecule has 0 aliphatic carbocycles. The fraction of sp³-hybridized carbons (Fsp3) is 0.0500. The van der Waals surface area contributed by atoms with Gasteiger partial charge in [0.25, 0.3) is 0 Å². The second kappa shape index (κ2) is 7.84. The van der Waals surface area contributed by atoms with Crippen LogP contribution in [-0.4, -0.2) is 16.6 Å². The van der Waals surface area contributed by atoms with Crippen LogP contribution in [0.15, 0.2) is 62.7 Å². The molecule has 138 valence electrons. The van der Waals surface area contributed by atoms with E-state index in [4.69, 9.17) is 4.42 Å². The monoisotopic (exact) mass is 409 g/mol. The van der Waals surface area contributed by atoms with Crippen LogP contribution in [0, 0.1) is 17.1 Å². The van der Waals surface area contributed by atoms with Crippen molar-refractivity contribution in [2.75, 3.05) is 11.1 Å². The number of carbonyl (C=O) groups excluding carboxylic acids is 1. The SMILES string of the molecule is N#Cc1oc2ccccc2c1NC(=O)CSc1nc(-c2ccc(F)cc2)cs1. The number of halogens is 1. The molecule has 2 aromatic carbocycles. The predicted octanol–water partition coefficient (Wildman–Crippen LogP) is 5.30. The quantitative estimate of drug-likeness (QED) is 0.453. The Balaban J connectivity index is 1.43. The molecule has 28 heavy (non-hydrogen) atoms. The molecular formula is C20H12FN3O2S2. The van der Waals surface area contributed by atoms with Gasteiger partial charge in [-0.2, -0.15) is 5.26 Å². The van der Waals surface area contributed by atoms with Crippen LogP contribution >= 0.6 is 23.1 Å². The number of aromatic nitrogens is 1. The Hall–Kier alpha value is -3.15. The number of benzene rings is 2. The van der Waals surface area contributed by atoms with E-state index in [2.05, 4.69) is 10.3 Å². The Bertz CT molecular complexity index is 1190. The lowest BCUT2D eigenvalue weighted by molar-refractivity contribution is -0.113. The lowest BCUT2D eigenvalue weighted by atomic mass is 10.2. The van der Waals surface area contributed by atoms with Crippen molar-refractivity contribution in [1.82, 2.24) is 4.98 Å². The minimum absolute atomic E-state index is 0.0763. The standard InChI is InChI=1S/C20H12FN3O2S2/c21-13-7-5-12(6-8-13)15-10-27-20(23-15)28-11-18(25)24-19-14-3-1-2-4-16(14)26-17(19)9-22/h1-8,10H,11H2,(H,24,25). The number of anilines is 1. The first kappa shape index (κ1) is 18.2. The van der Waals surface area contributed by atoms with Crippen molar-refractivity contribution in [1.29, 1.82) is 5.26 Å². The van der Waals surface area contributed by atoms with Crippen molar-refractivity contribution < 1.29 is 13.6 Å². The van der Waals surface area contributed by atoms with Crippen LogP contribution < -0.4 is 5.32 Å². The van der Waals surface area contributed by atoms with Crippen LogP contribution in [0.4, 0.5) is 10.1 Å². The van der Waals surface area contributed by atoms with Crippen molar-refractivity contribution in [3.63, 3.8) is 0 Å². The van der Waals surface area contributed by atoms with Gasteiger partial charge in [0.2, 0.25) is 11.7 Å². The normalized spacial score (nSPS) is 10.7. The van der Waals surface area contributed by atoms with E-state index in [9.17, 15) is 14.4 Å². The molecule has 1 N–H and O–H groups in total. The zero-order valence-electron chi connectivity index (χ0n) is 14.3. The summed E-state index contributed by atoms with van der Waals surface area (Å²) in [7, 11) is 0. The van der Waals surface area contributed by atoms with Gasteiger partial charge in [0.1, 0.15) is 23.2 Å². The zero-order chi connectivity index (χ0) is 19.5. The number of hydrogen-bond donors (Lipinski definition) is 1. The molecule has 0 fully saturated rings. The number of fused-ring (bicyclic) bond motifs is 1. The summed E-state index contributed by atoms with van der Waals surface area (Å²) in [6.07, 6.45) is 0. The second-order valence-corrected chi connectivity index (χ2v) is 7.84. The van der Waals surface area contributed by atoms with Gasteiger partial charge >= 0.3 is 0 Å². The van der Waals surface area contributed by atoms with Gasteiger partial charge in [-0.1, -0.05) is 23.9 Å². The Labute approximate surface area is 167 Å². The van der Waals surface area contributed by atoms with Gasteiger partial charge in [-0.15, -0.1) is 11.3 Å². The minimum atomic E-state index is -0.297. The molecule has 0 bridgehead atoms. The first-order chi connectivity index (χ1) is 13.6. The van der Waals surface area contributed by atoms with E-state index in [0.717, 1.165) is 15.6 Å². The lowest BCUT2D eigenvalue weighted by Gasteiger charge is -2.02. The third kappa shape index (κ3) is 3.76. The fourth-order valence-corrected chi connectivity index (χ4v) is 4.26. The van der Waals surface area contributed by atoms with Crippen LogP contribution in [0.5, 0.6) is 0 Å². The summed E-state index contributed by atoms with van der Waals surface area (Å²) in [6, 6.07) is 15.2. The summed E-state index contributed by atoms with van der Waals surface area (Å²) >= 11 is 2.71. The van der Waals surface area contributed by atoms with Gasteiger partial charge in [-0.05, 0) is 36.4 Å². The number of furan rings is 1. The number of amides is 1. The van der Waals surface area contributed by atoms with E-state index in [0.29, 0.717) is 16.7 Å². The van der Waals surface area contributed by atoms with Crippen LogP contribution in [0.25, 0.3) is 22.2 Å². The van der Waals surface area contributed by atoms with Gasteiger partial charge < -0.3 is 9.73 Å².